The van der Waals surface area contributed by atoms with Crippen molar-refractivity contribution in [2.45, 2.75) is 71.0 Å². The molecule has 3 amide bonds. The third-order valence-corrected chi connectivity index (χ3v) is 9.45. The molecule has 0 aliphatic carbocycles. The standard InChI is InChI=1S/C37H45Cl2F3N4O5/c1-23-19-46(24(2)22-47)35(48)30-18-29(44-36(49)43-28-11-9-27(10-12-28)37(40,41)42)13-15-33(30)51-25(3)7-5-6-16-50-34(23)21-45(4)20-26-8-14-31(38)32(39)17-26/h8-15,17-18,23-25,34,47H,5-7,16,19-22H2,1-4H3,(H2,43,44,49)/t23-,24-,25+,34+/m1/s1. The molecule has 3 aromatic rings. The van der Waals surface area contributed by atoms with Crippen molar-refractivity contribution < 1.29 is 37.3 Å². The van der Waals surface area contributed by atoms with Crippen LogP contribution in [-0.2, 0) is 17.5 Å². The molecule has 4 rings (SSSR count). The van der Waals surface area contributed by atoms with E-state index in [9.17, 15) is 27.9 Å². The van der Waals surface area contributed by atoms with Gasteiger partial charge in [0, 0.05) is 43.5 Å². The Morgan fingerprint density at radius 3 is 2.37 bits per heavy atom. The number of rotatable bonds is 8. The number of anilines is 2. The fourth-order valence-corrected chi connectivity index (χ4v) is 6.14. The number of hydrogen-bond donors (Lipinski definition) is 3. The molecule has 0 bridgehead atoms. The van der Waals surface area contributed by atoms with Gasteiger partial charge in [0.1, 0.15) is 5.75 Å². The molecule has 0 aromatic heterocycles. The molecule has 3 aromatic carbocycles. The van der Waals surface area contributed by atoms with Crippen molar-refractivity contribution in [3.8, 4) is 5.75 Å². The Kier molecular flexibility index (Phi) is 14.4. The lowest BCUT2D eigenvalue weighted by Gasteiger charge is -2.36. The Bertz CT molecular complexity index is 1630. The minimum atomic E-state index is -4.50. The molecule has 1 heterocycles. The number of aliphatic hydroxyl groups is 1. The predicted octanol–water partition coefficient (Wildman–Crippen LogP) is 8.58. The predicted molar refractivity (Wildman–Crippen MR) is 194 cm³/mol. The van der Waals surface area contributed by atoms with Gasteiger partial charge in [0.05, 0.1) is 46.0 Å². The summed E-state index contributed by atoms with van der Waals surface area (Å²) in [5.74, 6) is -0.228. The van der Waals surface area contributed by atoms with Gasteiger partial charge < -0.3 is 30.1 Å². The lowest BCUT2D eigenvalue weighted by molar-refractivity contribution is -0.137. The van der Waals surface area contributed by atoms with Crippen LogP contribution in [0.3, 0.4) is 0 Å². The van der Waals surface area contributed by atoms with Gasteiger partial charge in [-0.3, -0.25) is 9.69 Å². The van der Waals surface area contributed by atoms with E-state index in [-0.39, 0.29) is 48.2 Å². The number of carbonyl (C=O) groups excluding carboxylic acids is 2. The first-order valence-electron chi connectivity index (χ1n) is 16.9. The average Bonchev–Trinajstić information content (AvgIpc) is 3.07. The number of amides is 3. The van der Waals surface area contributed by atoms with Gasteiger partial charge in [-0.2, -0.15) is 13.2 Å². The van der Waals surface area contributed by atoms with E-state index < -0.39 is 29.7 Å². The number of nitrogens with one attached hydrogen (secondary N) is 2. The fourth-order valence-electron chi connectivity index (χ4n) is 5.82. The molecular formula is C37H45Cl2F3N4O5. The highest BCUT2D eigenvalue weighted by molar-refractivity contribution is 6.42. The zero-order valence-electron chi connectivity index (χ0n) is 29.1. The van der Waals surface area contributed by atoms with E-state index in [1.54, 1.807) is 30.0 Å². The van der Waals surface area contributed by atoms with E-state index in [4.69, 9.17) is 32.7 Å². The second-order valence-corrected chi connectivity index (χ2v) is 13.9. The maximum absolute atomic E-state index is 14.4. The summed E-state index contributed by atoms with van der Waals surface area (Å²) in [6.07, 6.45) is -2.64. The van der Waals surface area contributed by atoms with Crippen molar-refractivity contribution in [2.75, 3.05) is 44.0 Å². The minimum absolute atomic E-state index is 0.152. The van der Waals surface area contributed by atoms with Crippen molar-refractivity contribution in [3.63, 3.8) is 0 Å². The number of nitrogens with zero attached hydrogens (tertiary/aromatic N) is 2. The van der Waals surface area contributed by atoms with Gasteiger partial charge >= 0.3 is 12.2 Å². The van der Waals surface area contributed by atoms with Crippen molar-refractivity contribution in [2.24, 2.45) is 5.92 Å². The van der Waals surface area contributed by atoms with Gasteiger partial charge in [0.25, 0.3) is 5.91 Å². The van der Waals surface area contributed by atoms with E-state index >= 15 is 0 Å². The zero-order valence-corrected chi connectivity index (χ0v) is 30.6. The second-order valence-electron chi connectivity index (χ2n) is 13.1. The Labute approximate surface area is 307 Å². The van der Waals surface area contributed by atoms with Crippen LogP contribution in [0.2, 0.25) is 10.0 Å². The number of urea groups is 1. The Morgan fingerprint density at radius 1 is 1.02 bits per heavy atom. The molecule has 1 aliphatic rings. The molecule has 4 atom stereocenters. The molecule has 278 valence electrons. The van der Waals surface area contributed by atoms with Crippen LogP contribution in [0.15, 0.2) is 60.7 Å². The SMILES string of the molecule is C[C@@H]1CN([C@H](C)CO)C(=O)c2cc(NC(=O)Nc3ccc(C(F)(F)F)cc3)ccc2O[C@@H](C)CCCCO[C@H]1CN(C)Cc1ccc(Cl)c(Cl)c1. The lowest BCUT2D eigenvalue weighted by Crippen LogP contribution is -2.47. The molecular weight excluding hydrogens is 708 g/mol. The van der Waals surface area contributed by atoms with Crippen LogP contribution in [0.25, 0.3) is 0 Å². The molecule has 0 radical (unpaired) electrons. The summed E-state index contributed by atoms with van der Waals surface area (Å²) in [4.78, 5) is 30.9. The number of fused-ring (bicyclic) bond motifs is 1. The number of carbonyl (C=O) groups is 2. The maximum Gasteiger partial charge on any atom is 0.416 e. The first-order valence-corrected chi connectivity index (χ1v) is 17.6. The number of ether oxygens (including phenoxy) is 2. The van der Waals surface area contributed by atoms with E-state index in [1.807, 2.05) is 33.0 Å². The third-order valence-electron chi connectivity index (χ3n) is 8.71. The highest BCUT2D eigenvalue weighted by Gasteiger charge is 2.31. The Balaban J connectivity index is 1.57. The molecule has 9 nitrogen and oxygen atoms in total. The largest absolute Gasteiger partial charge is 0.490 e. The van der Waals surface area contributed by atoms with Gasteiger partial charge in [-0.15, -0.1) is 0 Å². The summed E-state index contributed by atoms with van der Waals surface area (Å²) in [6, 6.07) is 13.0. The summed E-state index contributed by atoms with van der Waals surface area (Å²) in [6.45, 7) is 7.35. The van der Waals surface area contributed by atoms with Crippen LogP contribution in [0.5, 0.6) is 5.75 Å². The number of benzene rings is 3. The summed E-state index contributed by atoms with van der Waals surface area (Å²) >= 11 is 12.4. The number of hydrogen-bond acceptors (Lipinski definition) is 6. The molecule has 0 spiro atoms. The molecule has 0 saturated heterocycles. The molecule has 3 N–H and O–H groups in total. The highest BCUT2D eigenvalue weighted by Crippen LogP contribution is 2.31. The van der Waals surface area contributed by atoms with Crippen LogP contribution in [0.4, 0.5) is 29.3 Å². The minimum Gasteiger partial charge on any atom is -0.490 e. The fraction of sp³-hybridized carbons (Fsp3) is 0.459. The second kappa shape index (κ2) is 18.3. The van der Waals surface area contributed by atoms with E-state index in [1.165, 1.54) is 6.07 Å². The average molecular weight is 754 g/mol. The molecule has 0 fully saturated rings. The lowest BCUT2D eigenvalue weighted by atomic mass is 10.0. The van der Waals surface area contributed by atoms with Crippen LogP contribution >= 0.6 is 23.2 Å². The first kappa shape index (κ1) is 40.2. The molecule has 0 saturated carbocycles. The van der Waals surface area contributed by atoms with Gasteiger partial charge in [-0.05, 0) is 100 Å². The van der Waals surface area contributed by atoms with Crippen LogP contribution in [0.1, 0.15) is 61.5 Å². The van der Waals surface area contributed by atoms with Crippen LogP contribution in [-0.4, -0.2) is 78.4 Å². The van der Waals surface area contributed by atoms with Crippen LogP contribution in [0, 0.1) is 5.92 Å². The summed E-state index contributed by atoms with van der Waals surface area (Å²) in [5.41, 5.74) is 0.765. The van der Waals surface area contributed by atoms with Crippen molar-refractivity contribution in [1.29, 1.82) is 0 Å². The topological polar surface area (TPSA) is 103 Å². The summed E-state index contributed by atoms with van der Waals surface area (Å²) in [5, 5.41) is 16.4. The van der Waals surface area contributed by atoms with Gasteiger partial charge in [0.15, 0.2) is 0 Å². The van der Waals surface area contributed by atoms with Crippen LogP contribution < -0.4 is 15.4 Å². The first-order chi connectivity index (χ1) is 24.1. The number of aliphatic hydroxyl groups excluding tert-OH is 1. The summed E-state index contributed by atoms with van der Waals surface area (Å²) < 4.78 is 51.6. The highest BCUT2D eigenvalue weighted by atomic mass is 35.5. The Morgan fingerprint density at radius 2 is 1.71 bits per heavy atom. The van der Waals surface area contributed by atoms with E-state index in [0.717, 1.165) is 42.7 Å². The number of likely N-dealkylation sites (N-methyl/N-ethyl adjacent to an activating group) is 1. The number of halogens is 5. The van der Waals surface area contributed by atoms with Gasteiger partial charge in [0.2, 0.25) is 0 Å². The smallest absolute Gasteiger partial charge is 0.416 e. The van der Waals surface area contributed by atoms with Crippen molar-refractivity contribution in [3.05, 3.63) is 87.4 Å². The van der Waals surface area contributed by atoms with E-state index in [2.05, 4.69) is 15.5 Å². The quantitative estimate of drug-likeness (QED) is 0.213. The Hall–Kier alpha value is -3.55. The van der Waals surface area contributed by atoms with Crippen molar-refractivity contribution in [1.82, 2.24) is 9.80 Å². The normalized spacial score (nSPS) is 19.9. The molecule has 51 heavy (non-hydrogen) atoms. The van der Waals surface area contributed by atoms with E-state index in [0.29, 0.717) is 41.9 Å². The van der Waals surface area contributed by atoms with Gasteiger partial charge in [-0.25, -0.2) is 4.79 Å². The monoisotopic (exact) mass is 752 g/mol. The summed E-state index contributed by atoms with van der Waals surface area (Å²) in [7, 11) is 1.99. The molecule has 14 heteroatoms. The van der Waals surface area contributed by atoms with Gasteiger partial charge in [-0.1, -0.05) is 36.2 Å². The zero-order chi connectivity index (χ0) is 37.3. The third kappa shape index (κ3) is 11.7. The van der Waals surface area contributed by atoms with Crippen molar-refractivity contribution >= 4 is 46.5 Å². The maximum atomic E-state index is 14.4. The molecule has 0 unspecified atom stereocenters. The molecule has 1 aliphatic heterocycles. The number of alkyl halides is 3.